The molecule has 0 fully saturated rings. The molecule has 26 heavy (non-hydrogen) atoms. The van der Waals surface area contributed by atoms with Gasteiger partial charge in [0, 0.05) is 18.3 Å². The van der Waals surface area contributed by atoms with E-state index in [1.54, 1.807) is 30.3 Å². The maximum Gasteiger partial charge on any atom is 0.344 e. The van der Waals surface area contributed by atoms with Crippen LogP contribution in [0.3, 0.4) is 0 Å². The molecule has 2 aromatic rings. The molecule has 0 aliphatic heterocycles. The molecule has 0 saturated carbocycles. The molecule has 0 unspecified atom stereocenters. The average molecular weight is 360 g/mol. The first-order valence-corrected chi connectivity index (χ1v) is 7.64. The molecule has 8 heteroatoms. The number of hydrogen-bond acceptors (Lipinski definition) is 5. The van der Waals surface area contributed by atoms with Crippen molar-refractivity contribution in [3.8, 4) is 5.75 Å². The number of nitrogens with one attached hydrogen (secondary N) is 2. The minimum atomic E-state index is -0.807. The largest absolute Gasteiger partial charge is 0.479 e. The van der Waals surface area contributed by atoms with Crippen LogP contribution in [-0.4, -0.2) is 38.0 Å². The highest BCUT2D eigenvalue weighted by Crippen LogP contribution is 2.15. The lowest BCUT2D eigenvalue weighted by Crippen LogP contribution is -2.24. The second-order valence-corrected chi connectivity index (χ2v) is 5.08. The quantitative estimate of drug-likeness (QED) is 0.734. The van der Waals surface area contributed by atoms with Gasteiger partial charge in [-0.1, -0.05) is 12.1 Å². The highest BCUT2D eigenvalue weighted by atomic mass is 19.1. The topological polar surface area (TPSA) is 93.7 Å². The summed E-state index contributed by atoms with van der Waals surface area (Å²) in [4.78, 5) is 34.7. The minimum absolute atomic E-state index is 0.0786. The van der Waals surface area contributed by atoms with Crippen LogP contribution in [0.25, 0.3) is 0 Å². The van der Waals surface area contributed by atoms with Gasteiger partial charge in [-0.05, 0) is 36.4 Å². The van der Waals surface area contributed by atoms with E-state index in [1.807, 2.05) is 0 Å². The molecule has 2 N–H and O–H groups in total. The number of anilines is 1. The van der Waals surface area contributed by atoms with E-state index in [0.29, 0.717) is 11.3 Å². The summed E-state index contributed by atoms with van der Waals surface area (Å²) in [6.07, 6.45) is 0. The Morgan fingerprint density at radius 2 is 1.69 bits per heavy atom. The molecule has 0 atom stereocenters. The smallest absolute Gasteiger partial charge is 0.344 e. The number of carbonyl (C=O) groups is 3. The Bertz CT molecular complexity index is 792. The molecule has 0 aliphatic carbocycles. The predicted octanol–water partition coefficient (Wildman–Crippen LogP) is 1.75. The van der Waals surface area contributed by atoms with Crippen LogP contribution in [-0.2, 0) is 14.3 Å². The van der Waals surface area contributed by atoms with Crippen LogP contribution in [0.15, 0.2) is 48.5 Å². The second kappa shape index (κ2) is 9.16. The fraction of sp³-hybridized carbons (Fsp3) is 0.167. The Hall–Kier alpha value is -3.42. The zero-order chi connectivity index (χ0) is 18.9. The zero-order valence-corrected chi connectivity index (χ0v) is 14.0. The van der Waals surface area contributed by atoms with Crippen molar-refractivity contribution >= 4 is 23.5 Å². The molecule has 0 aliphatic rings. The zero-order valence-electron chi connectivity index (χ0n) is 14.0. The normalized spacial score (nSPS) is 9.92. The van der Waals surface area contributed by atoms with Crippen molar-refractivity contribution in [2.75, 3.05) is 25.6 Å². The predicted molar refractivity (Wildman–Crippen MR) is 91.3 cm³/mol. The molecule has 136 valence electrons. The molecule has 2 amide bonds. The van der Waals surface area contributed by atoms with Crippen molar-refractivity contribution in [2.24, 2.45) is 0 Å². The van der Waals surface area contributed by atoms with Crippen LogP contribution in [0, 0.1) is 5.82 Å². The van der Waals surface area contributed by atoms with Gasteiger partial charge in [0.05, 0.1) is 0 Å². The fourth-order valence-corrected chi connectivity index (χ4v) is 1.93. The van der Waals surface area contributed by atoms with Crippen LogP contribution >= 0.6 is 0 Å². The summed E-state index contributed by atoms with van der Waals surface area (Å²) in [5.74, 6) is -2.29. The number of halogens is 1. The van der Waals surface area contributed by atoms with E-state index in [2.05, 4.69) is 10.6 Å². The molecule has 0 saturated heterocycles. The van der Waals surface area contributed by atoms with Crippen molar-refractivity contribution < 1.29 is 28.2 Å². The highest BCUT2D eigenvalue weighted by Gasteiger charge is 2.11. The Morgan fingerprint density at radius 1 is 1.00 bits per heavy atom. The molecule has 0 heterocycles. The molecular weight excluding hydrogens is 343 g/mol. The lowest BCUT2D eigenvalue weighted by Gasteiger charge is -2.08. The number of esters is 1. The number of amides is 2. The van der Waals surface area contributed by atoms with Gasteiger partial charge in [0.2, 0.25) is 0 Å². The summed E-state index contributed by atoms with van der Waals surface area (Å²) >= 11 is 0. The van der Waals surface area contributed by atoms with Crippen molar-refractivity contribution in [1.82, 2.24) is 5.32 Å². The molecule has 2 aromatic carbocycles. The van der Waals surface area contributed by atoms with E-state index >= 15 is 0 Å². The third kappa shape index (κ3) is 5.59. The average Bonchev–Trinajstić information content (AvgIpc) is 2.65. The second-order valence-electron chi connectivity index (χ2n) is 5.08. The molecule has 0 aromatic heterocycles. The number of benzene rings is 2. The van der Waals surface area contributed by atoms with Gasteiger partial charge in [0.15, 0.2) is 24.8 Å². The van der Waals surface area contributed by atoms with Gasteiger partial charge in [-0.25, -0.2) is 9.18 Å². The summed E-state index contributed by atoms with van der Waals surface area (Å²) in [7, 11) is 1.52. The maximum absolute atomic E-state index is 13.3. The molecule has 0 spiro atoms. The van der Waals surface area contributed by atoms with Crippen LogP contribution in [0.2, 0.25) is 0 Å². The Balaban J connectivity index is 1.75. The number of carbonyl (C=O) groups excluding carboxylic acids is 3. The van der Waals surface area contributed by atoms with Gasteiger partial charge in [-0.15, -0.1) is 0 Å². The van der Waals surface area contributed by atoms with E-state index in [0.717, 1.165) is 0 Å². The molecule has 2 rings (SSSR count). The Kier molecular flexibility index (Phi) is 6.67. The van der Waals surface area contributed by atoms with E-state index < -0.39 is 30.9 Å². The third-order valence-corrected chi connectivity index (χ3v) is 3.20. The van der Waals surface area contributed by atoms with Crippen molar-refractivity contribution in [2.45, 2.75) is 0 Å². The lowest BCUT2D eigenvalue weighted by molar-refractivity contribution is -0.149. The molecular formula is C18H17FN2O5. The van der Waals surface area contributed by atoms with Crippen molar-refractivity contribution in [3.05, 3.63) is 59.9 Å². The maximum atomic E-state index is 13.3. The van der Waals surface area contributed by atoms with Gasteiger partial charge in [0.1, 0.15) is 0 Å². The SMILES string of the molecule is CNC(=O)c1ccc(NC(=O)COC(=O)COc2ccccc2F)cc1. The lowest BCUT2D eigenvalue weighted by atomic mass is 10.2. The Labute approximate surface area is 149 Å². The number of hydrogen-bond donors (Lipinski definition) is 2. The third-order valence-electron chi connectivity index (χ3n) is 3.20. The number of ether oxygens (including phenoxy) is 2. The summed E-state index contributed by atoms with van der Waals surface area (Å²) in [6.45, 7) is -1.04. The van der Waals surface area contributed by atoms with Crippen LogP contribution in [0.5, 0.6) is 5.75 Å². The summed E-state index contributed by atoms with van der Waals surface area (Å²) in [5.41, 5.74) is 0.892. The first-order chi connectivity index (χ1) is 12.5. The monoisotopic (exact) mass is 360 g/mol. The number of rotatable bonds is 7. The van der Waals surface area contributed by atoms with Gasteiger partial charge >= 0.3 is 5.97 Å². The summed E-state index contributed by atoms with van der Waals surface area (Å²) in [6, 6.07) is 11.8. The van der Waals surface area contributed by atoms with E-state index in [-0.39, 0.29) is 11.7 Å². The van der Waals surface area contributed by atoms with Gasteiger partial charge in [-0.3, -0.25) is 9.59 Å². The van der Waals surface area contributed by atoms with Gasteiger partial charge in [-0.2, -0.15) is 0 Å². The van der Waals surface area contributed by atoms with Crippen molar-refractivity contribution in [1.29, 1.82) is 0 Å². The summed E-state index contributed by atoms with van der Waals surface area (Å²) < 4.78 is 23.1. The first-order valence-electron chi connectivity index (χ1n) is 7.64. The summed E-state index contributed by atoms with van der Waals surface area (Å²) in [5, 5.41) is 5.00. The highest BCUT2D eigenvalue weighted by molar-refractivity contribution is 5.96. The first kappa shape index (κ1) is 18.9. The molecule has 0 bridgehead atoms. The van der Waals surface area contributed by atoms with E-state index in [9.17, 15) is 18.8 Å². The molecule has 0 radical (unpaired) electrons. The molecule has 7 nitrogen and oxygen atoms in total. The van der Waals surface area contributed by atoms with E-state index in [1.165, 1.54) is 25.2 Å². The Morgan fingerprint density at radius 3 is 2.35 bits per heavy atom. The minimum Gasteiger partial charge on any atom is -0.479 e. The van der Waals surface area contributed by atoms with Crippen LogP contribution < -0.4 is 15.4 Å². The van der Waals surface area contributed by atoms with Crippen LogP contribution in [0.4, 0.5) is 10.1 Å². The van der Waals surface area contributed by atoms with E-state index in [4.69, 9.17) is 9.47 Å². The number of para-hydroxylation sites is 1. The van der Waals surface area contributed by atoms with Crippen molar-refractivity contribution in [3.63, 3.8) is 0 Å². The van der Waals surface area contributed by atoms with Crippen LogP contribution in [0.1, 0.15) is 10.4 Å². The van der Waals surface area contributed by atoms with Gasteiger partial charge < -0.3 is 20.1 Å². The standard InChI is InChI=1S/C18H17FN2O5/c1-20-18(24)12-6-8-13(9-7-12)21-16(22)10-26-17(23)11-25-15-5-3-2-4-14(15)19/h2-9H,10-11H2,1H3,(H,20,24)(H,21,22). The van der Waals surface area contributed by atoms with Gasteiger partial charge in [0.25, 0.3) is 11.8 Å². The fourth-order valence-electron chi connectivity index (χ4n) is 1.93.